The van der Waals surface area contributed by atoms with E-state index in [4.69, 9.17) is 0 Å². The lowest BCUT2D eigenvalue weighted by Gasteiger charge is -2.07. The SMILES string of the molecule is CCC(C)CCCCCCCC1=CC1. The number of unbranched alkanes of at least 4 members (excludes halogenated alkanes) is 4. The first kappa shape index (κ1) is 11.8. The summed E-state index contributed by atoms with van der Waals surface area (Å²) in [6, 6.07) is 0. The molecule has 0 bridgehead atoms. The van der Waals surface area contributed by atoms with Gasteiger partial charge >= 0.3 is 0 Å². The highest BCUT2D eigenvalue weighted by Crippen LogP contribution is 2.25. The van der Waals surface area contributed by atoms with Crippen molar-refractivity contribution in [3.8, 4) is 0 Å². The van der Waals surface area contributed by atoms with Crippen LogP contribution >= 0.6 is 0 Å². The molecule has 0 spiro atoms. The van der Waals surface area contributed by atoms with Gasteiger partial charge in [-0.2, -0.15) is 0 Å². The predicted octanol–water partition coefficient (Wildman–Crippen LogP) is 5.09. The summed E-state index contributed by atoms with van der Waals surface area (Å²) < 4.78 is 0. The summed E-state index contributed by atoms with van der Waals surface area (Å²) >= 11 is 0. The Morgan fingerprint density at radius 3 is 2.43 bits per heavy atom. The van der Waals surface area contributed by atoms with E-state index in [2.05, 4.69) is 19.9 Å². The minimum absolute atomic E-state index is 0.951. The van der Waals surface area contributed by atoms with E-state index in [-0.39, 0.29) is 0 Å². The van der Waals surface area contributed by atoms with E-state index in [0.717, 1.165) is 5.92 Å². The molecule has 0 nitrogen and oxygen atoms in total. The van der Waals surface area contributed by atoms with Gasteiger partial charge in [-0.3, -0.25) is 0 Å². The summed E-state index contributed by atoms with van der Waals surface area (Å²) in [5.41, 5.74) is 1.71. The molecule has 0 aromatic carbocycles. The Balaban J connectivity index is 1.72. The molecular formula is C14H26. The lowest BCUT2D eigenvalue weighted by atomic mass is 10.00. The van der Waals surface area contributed by atoms with E-state index in [9.17, 15) is 0 Å². The van der Waals surface area contributed by atoms with Crippen LogP contribution in [0.2, 0.25) is 0 Å². The summed E-state index contributed by atoms with van der Waals surface area (Å²) in [6.45, 7) is 4.67. The molecule has 0 amide bonds. The smallest absolute Gasteiger partial charge is 0.0136 e. The number of rotatable bonds is 9. The zero-order valence-corrected chi connectivity index (χ0v) is 10.0. The fourth-order valence-corrected chi connectivity index (χ4v) is 1.86. The Bertz CT molecular complexity index is 167. The minimum Gasteiger partial charge on any atom is -0.0810 e. The third kappa shape index (κ3) is 6.23. The van der Waals surface area contributed by atoms with Gasteiger partial charge in [-0.1, -0.05) is 64.0 Å². The molecule has 14 heavy (non-hydrogen) atoms. The number of hydrogen-bond donors (Lipinski definition) is 0. The molecule has 1 atom stereocenters. The van der Waals surface area contributed by atoms with Crippen molar-refractivity contribution in [2.24, 2.45) is 5.92 Å². The van der Waals surface area contributed by atoms with Crippen molar-refractivity contribution >= 4 is 0 Å². The molecule has 0 aromatic rings. The van der Waals surface area contributed by atoms with Crippen LogP contribution in [0.4, 0.5) is 0 Å². The van der Waals surface area contributed by atoms with E-state index in [0.29, 0.717) is 0 Å². The van der Waals surface area contributed by atoms with E-state index >= 15 is 0 Å². The van der Waals surface area contributed by atoms with Crippen LogP contribution in [0.5, 0.6) is 0 Å². The molecule has 0 aromatic heterocycles. The first-order valence-electron chi connectivity index (χ1n) is 6.50. The second-order valence-electron chi connectivity index (χ2n) is 4.89. The molecule has 1 rings (SSSR count). The Labute approximate surface area is 89.8 Å². The molecule has 0 aliphatic heterocycles. The molecule has 0 N–H and O–H groups in total. The van der Waals surface area contributed by atoms with Crippen molar-refractivity contribution < 1.29 is 0 Å². The van der Waals surface area contributed by atoms with Crippen molar-refractivity contribution in [2.75, 3.05) is 0 Å². The standard InChI is InChI=1S/C14H26/c1-3-13(2)9-7-5-4-6-8-10-14-11-12-14/h11,13H,3-10,12H2,1-2H3. The third-order valence-corrected chi connectivity index (χ3v) is 3.38. The maximum absolute atomic E-state index is 2.37. The topological polar surface area (TPSA) is 0 Å². The van der Waals surface area contributed by atoms with Crippen LogP contribution in [0.25, 0.3) is 0 Å². The molecule has 82 valence electrons. The molecular weight excluding hydrogens is 168 g/mol. The Hall–Kier alpha value is -0.260. The fourth-order valence-electron chi connectivity index (χ4n) is 1.86. The summed E-state index contributed by atoms with van der Waals surface area (Å²) in [7, 11) is 0. The molecule has 0 fully saturated rings. The maximum Gasteiger partial charge on any atom is -0.0136 e. The highest BCUT2D eigenvalue weighted by Gasteiger charge is 2.05. The summed E-state index contributed by atoms with van der Waals surface area (Å²) in [4.78, 5) is 0. The van der Waals surface area contributed by atoms with Gasteiger partial charge in [0.25, 0.3) is 0 Å². The quantitative estimate of drug-likeness (QED) is 0.354. The van der Waals surface area contributed by atoms with Gasteiger partial charge in [0.05, 0.1) is 0 Å². The van der Waals surface area contributed by atoms with Gasteiger partial charge in [0.1, 0.15) is 0 Å². The minimum atomic E-state index is 0.951. The average Bonchev–Trinajstić information content (AvgIpc) is 2.99. The second kappa shape index (κ2) is 7.09. The lowest BCUT2D eigenvalue weighted by molar-refractivity contribution is 0.472. The van der Waals surface area contributed by atoms with E-state index in [1.165, 1.54) is 57.8 Å². The molecule has 0 radical (unpaired) electrons. The van der Waals surface area contributed by atoms with Crippen LogP contribution in [-0.2, 0) is 0 Å². The van der Waals surface area contributed by atoms with Crippen molar-refractivity contribution in [3.63, 3.8) is 0 Å². The third-order valence-electron chi connectivity index (χ3n) is 3.38. The second-order valence-corrected chi connectivity index (χ2v) is 4.89. The van der Waals surface area contributed by atoms with Crippen LogP contribution in [0.1, 0.15) is 71.6 Å². The maximum atomic E-state index is 2.37. The fraction of sp³-hybridized carbons (Fsp3) is 0.857. The zero-order valence-electron chi connectivity index (χ0n) is 10.0. The van der Waals surface area contributed by atoms with Crippen LogP contribution in [0.3, 0.4) is 0 Å². The average molecular weight is 194 g/mol. The van der Waals surface area contributed by atoms with E-state index < -0.39 is 0 Å². The molecule has 1 aliphatic rings. The van der Waals surface area contributed by atoms with Crippen LogP contribution < -0.4 is 0 Å². The normalized spacial score (nSPS) is 16.6. The molecule has 0 saturated heterocycles. The van der Waals surface area contributed by atoms with Gasteiger partial charge in [0.2, 0.25) is 0 Å². The summed E-state index contributed by atoms with van der Waals surface area (Å²) in [5, 5.41) is 0. The molecule has 0 heterocycles. The Morgan fingerprint density at radius 2 is 1.79 bits per heavy atom. The van der Waals surface area contributed by atoms with Crippen LogP contribution in [0, 0.1) is 5.92 Å². The number of allylic oxidation sites excluding steroid dienone is 2. The van der Waals surface area contributed by atoms with E-state index in [1.54, 1.807) is 5.57 Å². The Morgan fingerprint density at radius 1 is 1.14 bits per heavy atom. The largest absolute Gasteiger partial charge is 0.0810 e. The zero-order chi connectivity index (χ0) is 10.2. The van der Waals surface area contributed by atoms with Crippen molar-refractivity contribution in [2.45, 2.75) is 71.6 Å². The van der Waals surface area contributed by atoms with Gasteiger partial charge in [-0.05, 0) is 25.2 Å². The van der Waals surface area contributed by atoms with Gasteiger partial charge in [0, 0.05) is 0 Å². The summed E-state index contributed by atoms with van der Waals surface area (Å²) in [6.07, 6.45) is 15.2. The van der Waals surface area contributed by atoms with Crippen LogP contribution in [0.15, 0.2) is 11.6 Å². The van der Waals surface area contributed by atoms with Gasteiger partial charge in [-0.25, -0.2) is 0 Å². The highest BCUT2D eigenvalue weighted by molar-refractivity contribution is 5.21. The lowest BCUT2D eigenvalue weighted by Crippen LogP contribution is -1.91. The van der Waals surface area contributed by atoms with E-state index in [1.807, 2.05) is 0 Å². The van der Waals surface area contributed by atoms with Crippen molar-refractivity contribution in [1.29, 1.82) is 0 Å². The van der Waals surface area contributed by atoms with Crippen molar-refractivity contribution in [1.82, 2.24) is 0 Å². The first-order chi connectivity index (χ1) is 6.83. The van der Waals surface area contributed by atoms with Gasteiger partial charge < -0.3 is 0 Å². The first-order valence-corrected chi connectivity index (χ1v) is 6.50. The number of hydrogen-bond acceptors (Lipinski definition) is 0. The van der Waals surface area contributed by atoms with Crippen molar-refractivity contribution in [3.05, 3.63) is 11.6 Å². The monoisotopic (exact) mass is 194 g/mol. The molecule has 0 heteroatoms. The van der Waals surface area contributed by atoms with Crippen LogP contribution in [-0.4, -0.2) is 0 Å². The summed E-state index contributed by atoms with van der Waals surface area (Å²) in [5.74, 6) is 0.951. The highest BCUT2D eigenvalue weighted by atomic mass is 14.1. The molecule has 1 unspecified atom stereocenters. The molecule has 1 aliphatic carbocycles. The van der Waals surface area contributed by atoms with Gasteiger partial charge in [0.15, 0.2) is 0 Å². The predicted molar refractivity (Wildman–Crippen MR) is 64.5 cm³/mol. The Kier molecular flexibility index (Phi) is 5.98. The molecule has 0 saturated carbocycles. The van der Waals surface area contributed by atoms with Gasteiger partial charge in [-0.15, -0.1) is 0 Å².